The number of hydrogen-bond acceptors (Lipinski definition) is 5. The lowest BCUT2D eigenvalue weighted by molar-refractivity contribution is -0.385. The van der Waals surface area contributed by atoms with Crippen molar-refractivity contribution in [1.29, 1.82) is 0 Å². The molecule has 0 spiro atoms. The number of H-pyrrole nitrogens is 1. The zero-order valence-corrected chi connectivity index (χ0v) is 15.5. The van der Waals surface area contributed by atoms with E-state index in [4.69, 9.17) is 0 Å². The van der Waals surface area contributed by atoms with Crippen LogP contribution in [0.25, 0.3) is 0 Å². The Labute approximate surface area is 154 Å². The minimum Gasteiger partial charge on any atom is -0.349 e. The molecule has 0 radical (unpaired) electrons. The van der Waals surface area contributed by atoms with E-state index in [9.17, 15) is 14.9 Å². The van der Waals surface area contributed by atoms with Gasteiger partial charge >= 0.3 is 5.69 Å². The summed E-state index contributed by atoms with van der Waals surface area (Å²) < 4.78 is 0. The molecule has 1 amide bonds. The van der Waals surface area contributed by atoms with Crippen molar-refractivity contribution in [2.75, 3.05) is 13.1 Å². The molecule has 1 aliphatic rings. The topological polar surface area (TPSA) is 113 Å². The van der Waals surface area contributed by atoms with Gasteiger partial charge in [0.05, 0.1) is 4.92 Å². The van der Waals surface area contributed by atoms with Crippen LogP contribution < -0.4 is 10.6 Å². The van der Waals surface area contributed by atoms with E-state index in [1.807, 2.05) is 6.92 Å². The molecule has 9 heteroatoms. The van der Waals surface area contributed by atoms with Crippen molar-refractivity contribution in [1.82, 2.24) is 20.8 Å². The van der Waals surface area contributed by atoms with Gasteiger partial charge in [-0.1, -0.05) is 39.0 Å². The van der Waals surface area contributed by atoms with Gasteiger partial charge in [0.25, 0.3) is 5.91 Å². The average Bonchev–Trinajstić information content (AvgIpc) is 2.80. The van der Waals surface area contributed by atoms with E-state index in [1.54, 1.807) is 0 Å². The second-order valence-electron chi connectivity index (χ2n) is 6.30. The number of aromatic nitrogens is 2. The molecular formula is C16H28ClN5O3. The zero-order chi connectivity index (χ0) is 17.4. The molecule has 0 aromatic carbocycles. The highest BCUT2D eigenvalue weighted by atomic mass is 35.5. The van der Waals surface area contributed by atoms with Gasteiger partial charge in [-0.15, -0.1) is 12.4 Å². The molecule has 25 heavy (non-hydrogen) atoms. The van der Waals surface area contributed by atoms with Crippen LogP contribution in [0.4, 0.5) is 5.69 Å². The predicted octanol–water partition coefficient (Wildman–Crippen LogP) is 2.73. The Morgan fingerprint density at radius 3 is 2.56 bits per heavy atom. The molecule has 0 bridgehead atoms. The molecule has 1 saturated carbocycles. The van der Waals surface area contributed by atoms with Crippen molar-refractivity contribution >= 4 is 24.0 Å². The molecule has 0 saturated heterocycles. The van der Waals surface area contributed by atoms with Gasteiger partial charge in [0.15, 0.2) is 0 Å². The van der Waals surface area contributed by atoms with Crippen molar-refractivity contribution in [3.63, 3.8) is 0 Å². The number of carbonyl (C=O) groups is 1. The summed E-state index contributed by atoms with van der Waals surface area (Å²) in [6.07, 6.45) is 8.72. The highest BCUT2D eigenvalue weighted by Gasteiger charge is 2.28. The largest absolute Gasteiger partial charge is 0.349 e. The third-order valence-electron chi connectivity index (χ3n) is 4.41. The minimum absolute atomic E-state index is 0. The molecule has 8 nitrogen and oxygen atoms in total. The van der Waals surface area contributed by atoms with Crippen LogP contribution >= 0.6 is 12.4 Å². The van der Waals surface area contributed by atoms with E-state index >= 15 is 0 Å². The summed E-state index contributed by atoms with van der Waals surface area (Å²) in [4.78, 5) is 22.8. The van der Waals surface area contributed by atoms with Crippen LogP contribution in [-0.2, 0) is 6.42 Å². The van der Waals surface area contributed by atoms with Gasteiger partial charge in [0.2, 0.25) is 5.69 Å². The Kier molecular flexibility index (Phi) is 9.44. The van der Waals surface area contributed by atoms with Crippen LogP contribution in [0, 0.1) is 10.1 Å². The maximum Gasteiger partial charge on any atom is 0.322 e. The molecule has 0 aliphatic heterocycles. The zero-order valence-electron chi connectivity index (χ0n) is 14.7. The SMILES string of the molecule is CCCc1[nH]nc(C(=O)NCCNC2CCCCCC2)c1[N+](=O)[O-].Cl. The Hall–Kier alpha value is -1.67. The highest BCUT2D eigenvalue weighted by molar-refractivity contribution is 5.96. The fourth-order valence-corrected chi connectivity index (χ4v) is 3.17. The van der Waals surface area contributed by atoms with Crippen LogP contribution in [-0.4, -0.2) is 40.2 Å². The summed E-state index contributed by atoms with van der Waals surface area (Å²) in [5.74, 6) is -0.497. The van der Waals surface area contributed by atoms with Crippen LogP contribution in [0.15, 0.2) is 0 Å². The summed E-state index contributed by atoms with van der Waals surface area (Å²) in [6.45, 7) is 3.02. The van der Waals surface area contributed by atoms with Gasteiger partial charge in [-0.25, -0.2) is 0 Å². The molecule has 1 fully saturated rings. The number of halogens is 1. The summed E-state index contributed by atoms with van der Waals surface area (Å²) in [5, 5.41) is 23.8. The Morgan fingerprint density at radius 2 is 1.96 bits per heavy atom. The van der Waals surface area contributed by atoms with Crippen LogP contribution in [0.2, 0.25) is 0 Å². The van der Waals surface area contributed by atoms with Gasteiger partial charge in [0, 0.05) is 19.1 Å². The normalized spacial score (nSPS) is 15.2. The quantitative estimate of drug-likeness (QED) is 0.280. The van der Waals surface area contributed by atoms with Gasteiger partial charge in [0.1, 0.15) is 5.69 Å². The van der Waals surface area contributed by atoms with E-state index in [1.165, 1.54) is 38.5 Å². The number of aromatic amines is 1. The van der Waals surface area contributed by atoms with E-state index in [-0.39, 0.29) is 23.8 Å². The maximum absolute atomic E-state index is 12.2. The van der Waals surface area contributed by atoms with Crippen molar-refractivity contribution in [2.45, 2.75) is 64.3 Å². The Morgan fingerprint density at radius 1 is 1.28 bits per heavy atom. The summed E-state index contributed by atoms with van der Waals surface area (Å²) in [7, 11) is 0. The molecule has 2 rings (SSSR count). The number of aryl methyl sites for hydroxylation is 1. The third-order valence-corrected chi connectivity index (χ3v) is 4.41. The second kappa shape index (κ2) is 11.0. The summed E-state index contributed by atoms with van der Waals surface area (Å²) >= 11 is 0. The molecule has 142 valence electrons. The minimum atomic E-state index is -0.535. The predicted molar refractivity (Wildman–Crippen MR) is 98.3 cm³/mol. The molecular weight excluding hydrogens is 346 g/mol. The number of rotatable bonds is 8. The second-order valence-corrected chi connectivity index (χ2v) is 6.30. The van der Waals surface area contributed by atoms with Crippen molar-refractivity contribution in [3.8, 4) is 0 Å². The monoisotopic (exact) mass is 373 g/mol. The van der Waals surface area contributed by atoms with E-state index in [0.29, 0.717) is 31.2 Å². The lowest BCUT2D eigenvalue weighted by Crippen LogP contribution is -2.37. The summed E-state index contributed by atoms with van der Waals surface area (Å²) in [5.41, 5.74) is 0.0771. The molecule has 1 aromatic heterocycles. The molecule has 3 N–H and O–H groups in total. The van der Waals surface area contributed by atoms with Crippen LogP contribution in [0.1, 0.15) is 68.1 Å². The fourth-order valence-electron chi connectivity index (χ4n) is 3.17. The number of amides is 1. The number of nitrogens with one attached hydrogen (secondary N) is 3. The van der Waals surface area contributed by atoms with Gasteiger partial charge in [-0.05, 0) is 19.3 Å². The first-order valence-electron chi connectivity index (χ1n) is 8.86. The number of carbonyl (C=O) groups excluding carboxylic acids is 1. The van der Waals surface area contributed by atoms with Crippen molar-refractivity contribution in [2.24, 2.45) is 0 Å². The van der Waals surface area contributed by atoms with E-state index < -0.39 is 10.8 Å². The van der Waals surface area contributed by atoms with Gasteiger partial charge in [-0.3, -0.25) is 20.0 Å². The van der Waals surface area contributed by atoms with Crippen molar-refractivity contribution < 1.29 is 9.72 Å². The highest BCUT2D eigenvalue weighted by Crippen LogP contribution is 2.22. The Bertz CT molecular complexity index is 556. The van der Waals surface area contributed by atoms with E-state index in [0.717, 1.165) is 6.42 Å². The molecule has 1 heterocycles. The first-order valence-corrected chi connectivity index (χ1v) is 8.86. The third kappa shape index (κ3) is 6.28. The maximum atomic E-state index is 12.2. The standard InChI is InChI=1S/C16H27N5O3.ClH/c1-2-7-13-15(21(23)24)14(20-19-13)16(22)18-11-10-17-12-8-5-3-4-6-9-12;/h12,17H,2-11H2,1H3,(H,18,22)(H,19,20);1H. The number of nitrogens with zero attached hydrogens (tertiary/aromatic N) is 2. The average molecular weight is 374 g/mol. The van der Waals surface area contributed by atoms with Crippen molar-refractivity contribution in [3.05, 3.63) is 21.5 Å². The lowest BCUT2D eigenvalue weighted by Gasteiger charge is -2.16. The Balaban J connectivity index is 0.00000312. The lowest BCUT2D eigenvalue weighted by atomic mass is 10.1. The molecule has 1 aliphatic carbocycles. The molecule has 0 atom stereocenters. The van der Waals surface area contributed by atoms with E-state index in [2.05, 4.69) is 20.8 Å². The first kappa shape index (κ1) is 21.4. The van der Waals surface area contributed by atoms with Crippen LogP contribution in [0.5, 0.6) is 0 Å². The first-order chi connectivity index (χ1) is 11.6. The molecule has 0 unspecified atom stereocenters. The van der Waals surface area contributed by atoms with Crippen LogP contribution in [0.3, 0.4) is 0 Å². The fraction of sp³-hybridized carbons (Fsp3) is 0.750. The molecule has 1 aromatic rings. The van der Waals surface area contributed by atoms with Gasteiger partial charge < -0.3 is 10.6 Å². The van der Waals surface area contributed by atoms with Gasteiger partial charge in [-0.2, -0.15) is 5.10 Å². The number of nitro groups is 1. The summed E-state index contributed by atoms with van der Waals surface area (Å²) in [6, 6.07) is 0.514. The smallest absolute Gasteiger partial charge is 0.322 e. The number of hydrogen-bond donors (Lipinski definition) is 3.